The van der Waals surface area contributed by atoms with Crippen LogP contribution >= 0.6 is 0 Å². The van der Waals surface area contributed by atoms with Gasteiger partial charge in [-0.1, -0.05) is 12.8 Å². The Kier molecular flexibility index (Phi) is 2.93. The van der Waals surface area contributed by atoms with Gasteiger partial charge in [-0.15, -0.1) is 5.10 Å². The van der Waals surface area contributed by atoms with E-state index < -0.39 is 0 Å². The van der Waals surface area contributed by atoms with Gasteiger partial charge in [0.05, 0.1) is 12.3 Å². The van der Waals surface area contributed by atoms with Crippen molar-refractivity contribution in [1.29, 1.82) is 0 Å². The first-order valence-electron chi connectivity index (χ1n) is 5.08. The minimum Gasteiger partial charge on any atom is -0.390 e. The van der Waals surface area contributed by atoms with Crippen LogP contribution in [0.5, 0.6) is 0 Å². The van der Waals surface area contributed by atoms with E-state index in [1.165, 1.54) is 25.7 Å². The van der Waals surface area contributed by atoms with Gasteiger partial charge in [0.15, 0.2) is 0 Å². The highest BCUT2D eigenvalue weighted by atomic mass is 16.3. The molecule has 1 heterocycles. The van der Waals surface area contributed by atoms with Gasteiger partial charge in [-0.25, -0.2) is 0 Å². The number of hydrogen-bond donors (Lipinski definition) is 2. The Hall–Kier alpha value is -1.16. The smallest absolute Gasteiger partial charge is 0.148 e. The topological polar surface area (TPSA) is 58.0 Å². The van der Waals surface area contributed by atoms with Crippen molar-refractivity contribution in [3.8, 4) is 0 Å². The summed E-state index contributed by atoms with van der Waals surface area (Å²) in [6, 6.07) is 4.23. The van der Waals surface area contributed by atoms with Gasteiger partial charge in [0.25, 0.3) is 0 Å². The van der Waals surface area contributed by atoms with E-state index in [4.69, 9.17) is 5.11 Å². The lowest BCUT2D eigenvalue weighted by atomic mass is 10.2. The van der Waals surface area contributed by atoms with Gasteiger partial charge >= 0.3 is 0 Å². The number of nitrogens with one attached hydrogen (secondary N) is 1. The van der Waals surface area contributed by atoms with Crippen molar-refractivity contribution < 1.29 is 5.11 Å². The Balaban J connectivity index is 1.95. The van der Waals surface area contributed by atoms with Crippen LogP contribution in [0.3, 0.4) is 0 Å². The monoisotopic (exact) mass is 193 g/mol. The van der Waals surface area contributed by atoms with E-state index in [2.05, 4.69) is 15.5 Å². The van der Waals surface area contributed by atoms with Crippen molar-refractivity contribution in [2.75, 3.05) is 5.32 Å². The van der Waals surface area contributed by atoms with Crippen molar-refractivity contribution in [3.63, 3.8) is 0 Å². The fourth-order valence-corrected chi connectivity index (χ4v) is 1.80. The maximum atomic E-state index is 8.79. The van der Waals surface area contributed by atoms with Crippen molar-refractivity contribution in [2.24, 2.45) is 0 Å². The Morgan fingerprint density at radius 1 is 1.29 bits per heavy atom. The summed E-state index contributed by atoms with van der Waals surface area (Å²) < 4.78 is 0. The molecule has 1 fully saturated rings. The van der Waals surface area contributed by atoms with E-state index in [0.29, 0.717) is 11.7 Å². The maximum absolute atomic E-state index is 8.79. The second-order valence-corrected chi connectivity index (χ2v) is 3.69. The largest absolute Gasteiger partial charge is 0.390 e. The minimum absolute atomic E-state index is 0.0449. The van der Waals surface area contributed by atoms with Gasteiger partial charge in [0, 0.05) is 6.04 Å². The molecular weight excluding hydrogens is 178 g/mol. The molecule has 0 unspecified atom stereocenters. The molecule has 0 amide bonds. The van der Waals surface area contributed by atoms with Crippen LogP contribution in [0.2, 0.25) is 0 Å². The molecule has 0 aromatic carbocycles. The predicted molar refractivity (Wildman–Crippen MR) is 53.8 cm³/mol. The first-order valence-corrected chi connectivity index (χ1v) is 5.08. The van der Waals surface area contributed by atoms with Crippen LogP contribution < -0.4 is 5.32 Å². The molecule has 0 saturated heterocycles. The van der Waals surface area contributed by atoms with E-state index in [1.807, 2.05) is 6.07 Å². The molecule has 1 saturated carbocycles. The van der Waals surface area contributed by atoms with Crippen LogP contribution in [-0.2, 0) is 6.61 Å². The highest BCUT2D eigenvalue weighted by Gasteiger charge is 2.14. The molecule has 4 heteroatoms. The summed E-state index contributed by atoms with van der Waals surface area (Å²) in [6.07, 6.45) is 5.06. The molecule has 76 valence electrons. The molecule has 1 aliphatic rings. The van der Waals surface area contributed by atoms with E-state index in [9.17, 15) is 0 Å². The molecule has 0 spiro atoms. The van der Waals surface area contributed by atoms with Gasteiger partial charge < -0.3 is 10.4 Å². The van der Waals surface area contributed by atoms with Crippen molar-refractivity contribution in [1.82, 2.24) is 10.2 Å². The van der Waals surface area contributed by atoms with Gasteiger partial charge in [-0.2, -0.15) is 5.10 Å². The van der Waals surface area contributed by atoms with Crippen molar-refractivity contribution >= 4 is 5.82 Å². The molecule has 2 N–H and O–H groups in total. The zero-order valence-corrected chi connectivity index (χ0v) is 8.11. The lowest BCUT2D eigenvalue weighted by molar-refractivity contribution is 0.275. The van der Waals surface area contributed by atoms with Crippen LogP contribution in [0.1, 0.15) is 31.4 Å². The Morgan fingerprint density at radius 3 is 2.64 bits per heavy atom. The summed E-state index contributed by atoms with van der Waals surface area (Å²) in [6.45, 7) is -0.0449. The molecular formula is C10H15N3O. The molecule has 14 heavy (non-hydrogen) atoms. The number of aliphatic hydroxyl groups excluding tert-OH is 1. The van der Waals surface area contributed by atoms with Crippen LogP contribution in [0.4, 0.5) is 5.82 Å². The first-order chi connectivity index (χ1) is 6.88. The van der Waals surface area contributed by atoms with E-state index in [-0.39, 0.29) is 6.61 Å². The fourth-order valence-electron chi connectivity index (χ4n) is 1.80. The van der Waals surface area contributed by atoms with E-state index in [0.717, 1.165) is 5.82 Å². The molecule has 4 nitrogen and oxygen atoms in total. The third kappa shape index (κ3) is 2.20. The molecule has 0 atom stereocenters. The summed E-state index contributed by atoms with van der Waals surface area (Å²) in [4.78, 5) is 0. The summed E-state index contributed by atoms with van der Waals surface area (Å²) in [5.41, 5.74) is 0.613. The predicted octanol–water partition coefficient (Wildman–Crippen LogP) is 1.32. The number of nitrogens with zero attached hydrogens (tertiary/aromatic N) is 2. The van der Waals surface area contributed by atoms with Crippen molar-refractivity contribution in [3.05, 3.63) is 17.8 Å². The molecule has 0 bridgehead atoms. The molecule has 1 aromatic rings. The van der Waals surface area contributed by atoms with Gasteiger partial charge in [-0.3, -0.25) is 0 Å². The van der Waals surface area contributed by atoms with Gasteiger partial charge in [0.1, 0.15) is 5.82 Å². The lowest BCUT2D eigenvalue weighted by Gasteiger charge is -2.11. The summed E-state index contributed by atoms with van der Waals surface area (Å²) in [5.74, 6) is 0.814. The third-order valence-corrected chi connectivity index (χ3v) is 2.59. The fraction of sp³-hybridized carbons (Fsp3) is 0.600. The molecule has 2 rings (SSSR count). The van der Waals surface area contributed by atoms with Gasteiger partial charge in [0.2, 0.25) is 0 Å². The second kappa shape index (κ2) is 4.37. The summed E-state index contributed by atoms with van der Waals surface area (Å²) in [5, 5.41) is 20.0. The molecule has 0 aliphatic heterocycles. The zero-order chi connectivity index (χ0) is 9.80. The molecule has 0 radical (unpaired) electrons. The van der Waals surface area contributed by atoms with Crippen LogP contribution in [0.15, 0.2) is 12.1 Å². The number of aliphatic hydroxyl groups is 1. The summed E-state index contributed by atoms with van der Waals surface area (Å²) in [7, 11) is 0. The number of rotatable bonds is 3. The average molecular weight is 193 g/mol. The van der Waals surface area contributed by atoms with E-state index in [1.54, 1.807) is 6.07 Å². The first kappa shape index (κ1) is 9.40. The Labute approximate surface area is 83.4 Å². The average Bonchev–Trinajstić information content (AvgIpc) is 2.72. The highest BCUT2D eigenvalue weighted by Crippen LogP contribution is 2.20. The zero-order valence-electron chi connectivity index (χ0n) is 8.11. The standard InChI is InChI=1S/C10H15N3O/c14-7-9-5-6-10(13-12-9)11-8-3-1-2-4-8/h5-6,8,14H,1-4,7H2,(H,11,13). The second-order valence-electron chi connectivity index (χ2n) is 3.69. The normalized spacial score (nSPS) is 17.2. The maximum Gasteiger partial charge on any atom is 0.148 e. The highest BCUT2D eigenvalue weighted by molar-refractivity contribution is 5.34. The minimum atomic E-state index is -0.0449. The quantitative estimate of drug-likeness (QED) is 0.760. The van der Waals surface area contributed by atoms with Crippen LogP contribution in [0.25, 0.3) is 0 Å². The van der Waals surface area contributed by atoms with Crippen LogP contribution in [-0.4, -0.2) is 21.3 Å². The van der Waals surface area contributed by atoms with Gasteiger partial charge in [-0.05, 0) is 25.0 Å². The summed E-state index contributed by atoms with van der Waals surface area (Å²) >= 11 is 0. The Morgan fingerprint density at radius 2 is 2.07 bits per heavy atom. The molecule has 1 aliphatic carbocycles. The Bertz CT molecular complexity index is 280. The number of anilines is 1. The SMILES string of the molecule is OCc1ccc(NC2CCCC2)nn1. The van der Waals surface area contributed by atoms with Crippen LogP contribution in [0, 0.1) is 0 Å². The lowest BCUT2D eigenvalue weighted by Crippen LogP contribution is -2.15. The number of aromatic nitrogens is 2. The van der Waals surface area contributed by atoms with E-state index >= 15 is 0 Å². The van der Waals surface area contributed by atoms with Crippen molar-refractivity contribution in [2.45, 2.75) is 38.3 Å². The number of hydrogen-bond acceptors (Lipinski definition) is 4. The third-order valence-electron chi connectivity index (χ3n) is 2.59. The molecule has 1 aromatic heterocycles.